The maximum absolute atomic E-state index is 12.6. The van der Waals surface area contributed by atoms with Crippen LogP contribution in [0, 0.1) is 28.4 Å². The number of carbonyl (C=O) groups excluding carboxylic acids is 1. The Morgan fingerprint density at radius 2 is 2.00 bits per heavy atom. The number of nitriles is 1. The van der Waals surface area contributed by atoms with Crippen LogP contribution in [0.2, 0.25) is 0 Å². The smallest absolute Gasteiger partial charge is 0.271 e. The largest absolute Gasteiger partial charge is 0.495 e. The van der Waals surface area contributed by atoms with Crippen LogP contribution in [0.15, 0.2) is 48.2 Å². The molecule has 162 valence electrons. The molecule has 0 saturated carbocycles. The van der Waals surface area contributed by atoms with Gasteiger partial charge in [-0.25, -0.2) is 0 Å². The van der Waals surface area contributed by atoms with E-state index in [1.54, 1.807) is 6.92 Å². The normalized spacial score (nSPS) is 11.8. The van der Waals surface area contributed by atoms with E-state index in [0.717, 1.165) is 11.1 Å². The summed E-state index contributed by atoms with van der Waals surface area (Å²) in [4.78, 5) is 23.1. The summed E-state index contributed by atoms with van der Waals surface area (Å²) in [6.45, 7) is 6.08. The van der Waals surface area contributed by atoms with Crippen molar-refractivity contribution in [2.24, 2.45) is 0 Å². The van der Waals surface area contributed by atoms with Gasteiger partial charge in [-0.2, -0.15) is 5.26 Å². The second-order valence-electron chi connectivity index (χ2n) is 6.63. The highest BCUT2D eigenvalue weighted by molar-refractivity contribution is 5.97. The zero-order valence-electron chi connectivity index (χ0n) is 17.8. The molecule has 0 bridgehead atoms. The average Bonchev–Trinajstić information content (AvgIpc) is 2.75. The van der Waals surface area contributed by atoms with E-state index in [-0.39, 0.29) is 16.9 Å². The minimum atomic E-state index is -0.601. The molecule has 0 spiro atoms. The van der Waals surface area contributed by atoms with Crippen LogP contribution in [0.4, 0.5) is 11.4 Å². The van der Waals surface area contributed by atoms with Gasteiger partial charge in [0.2, 0.25) is 0 Å². The van der Waals surface area contributed by atoms with Gasteiger partial charge in [0, 0.05) is 23.9 Å². The molecular formula is C22H24N4O5. The molecule has 0 aliphatic heterocycles. The Morgan fingerprint density at radius 3 is 2.61 bits per heavy atom. The summed E-state index contributed by atoms with van der Waals surface area (Å²) < 4.78 is 10.8. The summed E-state index contributed by atoms with van der Waals surface area (Å²) in [6.07, 6.45) is 1.18. The second-order valence-corrected chi connectivity index (χ2v) is 6.63. The van der Waals surface area contributed by atoms with Crippen LogP contribution in [-0.4, -0.2) is 24.5 Å². The van der Waals surface area contributed by atoms with Gasteiger partial charge in [-0.05, 0) is 32.9 Å². The van der Waals surface area contributed by atoms with Crippen LogP contribution in [0.3, 0.4) is 0 Å². The van der Waals surface area contributed by atoms with Gasteiger partial charge >= 0.3 is 0 Å². The van der Waals surface area contributed by atoms with E-state index < -0.39 is 16.9 Å². The number of methoxy groups -OCH3 is 1. The number of nitrogens with zero attached hydrogens (tertiary/aromatic N) is 2. The maximum atomic E-state index is 12.6. The van der Waals surface area contributed by atoms with Crippen LogP contribution in [0.25, 0.3) is 0 Å². The van der Waals surface area contributed by atoms with E-state index in [2.05, 4.69) is 10.6 Å². The molecule has 0 aliphatic carbocycles. The fourth-order valence-electron chi connectivity index (χ4n) is 2.87. The molecule has 0 saturated heterocycles. The summed E-state index contributed by atoms with van der Waals surface area (Å²) in [6, 6.07) is 11.1. The number of anilines is 1. The van der Waals surface area contributed by atoms with Crippen molar-refractivity contribution in [3.8, 4) is 17.6 Å². The Hall–Kier alpha value is -4.06. The van der Waals surface area contributed by atoms with Gasteiger partial charge < -0.3 is 20.1 Å². The molecule has 1 amide bonds. The van der Waals surface area contributed by atoms with Gasteiger partial charge in [0.05, 0.1) is 30.4 Å². The molecule has 1 atom stereocenters. The molecule has 1 unspecified atom stereocenters. The van der Waals surface area contributed by atoms with Crippen molar-refractivity contribution in [1.82, 2.24) is 5.32 Å². The summed E-state index contributed by atoms with van der Waals surface area (Å²) in [5.74, 6) is 0.382. The van der Waals surface area contributed by atoms with Crippen molar-refractivity contribution < 1.29 is 19.2 Å². The number of benzene rings is 2. The highest BCUT2D eigenvalue weighted by Gasteiger charge is 2.18. The Bertz CT molecular complexity index is 1040. The lowest BCUT2D eigenvalue weighted by Gasteiger charge is -2.18. The minimum absolute atomic E-state index is 0.156. The molecule has 2 aromatic rings. The molecule has 0 heterocycles. The molecular weight excluding hydrogens is 400 g/mol. The molecule has 0 aromatic heterocycles. The van der Waals surface area contributed by atoms with Crippen LogP contribution in [0.5, 0.6) is 11.5 Å². The summed E-state index contributed by atoms with van der Waals surface area (Å²) in [5, 5.41) is 26.0. The second kappa shape index (κ2) is 10.6. The van der Waals surface area contributed by atoms with E-state index in [9.17, 15) is 20.2 Å². The van der Waals surface area contributed by atoms with Crippen molar-refractivity contribution >= 4 is 17.3 Å². The third-order valence-corrected chi connectivity index (χ3v) is 4.41. The number of non-ortho nitro benzene ring substituents is 1. The van der Waals surface area contributed by atoms with Crippen molar-refractivity contribution in [3.05, 3.63) is 69.4 Å². The topological polar surface area (TPSA) is 127 Å². The van der Waals surface area contributed by atoms with E-state index in [0.29, 0.717) is 18.1 Å². The van der Waals surface area contributed by atoms with Crippen molar-refractivity contribution in [1.29, 1.82) is 5.26 Å². The number of amides is 1. The highest BCUT2D eigenvalue weighted by atomic mass is 16.6. The summed E-state index contributed by atoms with van der Waals surface area (Å²) >= 11 is 0. The lowest BCUT2D eigenvalue weighted by Crippen LogP contribution is -2.28. The van der Waals surface area contributed by atoms with Crippen LogP contribution >= 0.6 is 0 Å². The Balaban J connectivity index is 2.22. The lowest BCUT2D eigenvalue weighted by atomic mass is 10.0. The predicted octanol–water partition coefficient (Wildman–Crippen LogP) is 4.01. The molecule has 0 radical (unpaired) electrons. The molecule has 9 heteroatoms. The fourth-order valence-corrected chi connectivity index (χ4v) is 2.87. The minimum Gasteiger partial charge on any atom is -0.495 e. The number of rotatable bonds is 9. The Labute approximate surface area is 180 Å². The first-order valence-corrected chi connectivity index (χ1v) is 9.54. The van der Waals surface area contributed by atoms with E-state index in [1.807, 2.05) is 38.1 Å². The zero-order valence-corrected chi connectivity index (χ0v) is 17.8. The molecule has 0 fully saturated rings. The van der Waals surface area contributed by atoms with Gasteiger partial charge in [-0.15, -0.1) is 0 Å². The first-order chi connectivity index (χ1) is 14.8. The number of aryl methyl sites for hydroxylation is 1. The third kappa shape index (κ3) is 5.96. The SMILES string of the molecule is CCOc1ccc(C)cc1C(C)NC(=O)/C(C#N)=C\Nc1cc([N+](=O)[O-])ccc1OC. The number of nitro groups is 1. The highest BCUT2D eigenvalue weighted by Crippen LogP contribution is 2.29. The lowest BCUT2D eigenvalue weighted by molar-refractivity contribution is -0.384. The van der Waals surface area contributed by atoms with Gasteiger partial charge in [-0.1, -0.05) is 17.7 Å². The third-order valence-electron chi connectivity index (χ3n) is 4.41. The van der Waals surface area contributed by atoms with E-state index in [1.165, 1.54) is 31.5 Å². The number of ether oxygens (including phenoxy) is 2. The predicted molar refractivity (Wildman–Crippen MR) is 116 cm³/mol. The molecule has 9 nitrogen and oxygen atoms in total. The molecule has 0 aliphatic rings. The number of nitrogens with one attached hydrogen (secondary N) is 2. The van der Waals surface area contributed by atoms with Gasteiger partial charge in [-0.3, -0.25) is 14.9 Å². The van der Waals surface area contributed by atoms with Crippen LogP contribution in [-0.2, 0) is 4.79 Å². The fraction of sp³-hybridized carbons (Fsp3) is 0.273. The first-order valence-electron chi connectivity index (χ1n) is 9.54. The van der Waals surface area contributed by atoms with Crippen molar-refractivity contribution in [2.75, 3.05) is 19.0 Å². The van der Waals surface area contributed by atoms with Crippen molar-refractivity contribution in [2.45, 2.75) is 26.8 Å². The molecule has 2 aromatic carbocycles. The summed E-state index contributed by atoms with van der Waals surface area (Å²) in [5.41, 5.74) is 1.70. The number of nitro benzene ring substituents is 1. The number of hydrogen-bond acceptors (Lipinski definition) is 7. The van der Waals surface area contributed by atoms with E-state index >= 15 is 0 Å². The van der Waals surface area contributed by atoms with Crippen molar-refractivity contribution in [3.63, 3.8) is 0 Å². The summed E-state index contributed by atoms with van der Waals surface area (Å²) in [7, 11) is 1.41. The Kier molecular flexibility index (Phi) is 7.97. The molecule has 2 N–H and O–H groups in total. The number of carbonyl (C=O) groups is 1. The van der Waals surface area contributed by atoms with Crippen LogP contribution < -0.4 is 20.1 Å². The van der Waals surface area contributed by atoms with Gasteiger partial charge in [0.25, 0.3) is 11.6 Å². The maximum Gasteiger partial charge on any atom is 0.271 e. The molecule has 2 rings (SSSR count). The molecule has 31 heavy (non-hydrogen) atoms. The van der Waals surface area contributed by atoms with Gasteiger partial charge in [0.15, 0.2) is 0 Å². The van der Waals surface area contributed by atoms with Gasteiger partial charge in [0.1, 0.15) is 23.1 Å². The average molecular weight is 424 g/mol. The monoisotopic (exact) mass is 424 g/mol. The van der Waals surface area contributed by atoms with Crippen LogP contribution in [0.1, 0.15) is 31.0 Å². The quantitative estimate of drug-likeness (QED) is 0.269. The number of hydrogen-bond donors (Lipinski definition) is 2. The first kappa shape index (κ1) is 23.2. The standard InChI is InChI=1S/C22H24N4O5/c1-5-31-20-8-6-14(2)10-18(20)15(3)25-22(27)16(12-23)13-24-19-11-17(26(28)29)7-9-21(19)30-4/h6-11,13,15,24H,5H2,1-4H3,(H,25,27)/b16-13-. The Morgan fingerprint density at radius 1 is 1.29 bits per heavy atom. The van der Waals surface area contributed by atoms with E-state index in [4.69, 9.17) is 9.47 Å². The zero-order chi connectivity index (χ0) is 23.0.